The van der Waals surface area contributed by atoms with Crippen molar-refractivity contribution in [1.82, 2.24) is 24.7 Å². The van der Waals surface area contributed by atoms with Crippen LogP contribution in [0.5, 0.6) is 11.5 Å². The van der Waals surface area contributed by atoms with Gasteiger partial charge in [-0.15, -0.1) is 21.5 Å². The third kappa shape index (κ3) is 10.3. The van der Waals surface area contributed by atoms with Crippen molar-refractivity contribution in [3.8, 4) is 22.9 Å². The molecule has 10 nitrogen and oxygen atoms in total. The van der Waals surface area contributed by atoms with Gasteiger partial charge in [0.25, 0.3) is 0 Å². The first-order valence-electron chi connectivity index (χ1n) is 19.7. The Morgan fingerprint density at radius 2 is 1.62 bits per heavy atom. The molecule has 1 aromatic carbocycles. The maximum absolute atomic E-state index is 14.2. The molecule has 53 heavy (non-hydrogen) atoms. The van der Waals surface area contributed by atoms with Crippen LogP contribution in [0.4, 0.5) is 5.00 Å². The number of nitrogens with zero attached hydrogens (tertiary/aromatic N) is 6. The predicted octanol–water partition coefficient (Wildman–Crippen LogP) is 8.30. The molecule has 0 aliphatic rings. The van der Waals surface area contributed by atoms with E-state index in [1.165, 1.54) is 38.5 Å². The normalized spacial score (nSPS) is 13.5. The summed E-state index contributed by atoms with van der Waals surface area (Å²) >= 11 is 1.67. The Morgan fingerprint density at radius 3 is 2.15 bits per heavy atom. The maximum atomic E-state index is 14.2. The van der Waals surface area contributed by atoms with E-state index in [9.17, 15) is 9.90 Å². The van der Waals surface area contributed by atoms with Crippen LogP contribution in [0.25, 0.3) is 23.1 Å². The van der Waals surface area contributed by atoms with E-state index in [1.54, 1.807) is 36.1 Å². The number of likely N-dealkylation sites (N-methyl/N-ethyl adjacent to an activating group) is 1. The van der Waals surface area contributed by atoms with Crippen molar-refractivity contribution >= 4 is 34.0 Å². The third-order valence-corrected chi connectivity index (χ3v) is 11.4. The zero-order valence-corrected chi connectivity index (χ0v) is 34.8. The quantitative estimate of drug-likeness (QED) is 0.0908. The Balaban J connectivity index is 1.69. The van der Waals surface area contributed by atoms with E-state index < -0.39 is 0 Å². The molecule has 0 fully saturated rings. The van der Waals surface area contributed by atoms with Gasteiger partial charge in [0, 0.05) is 35.1 Å². The highest BCUT2D eigenvalue weighted by atomic mass is 32.1. The number of ether oxygens (including phenoxy) is 2. The first kappa shape index (κ1) is 42.0. The molecule has 4 aromatic rings. The summed E-state index contributed by atoms with van der Waals surface area (Å²) in [5.74, 6) is 2.79. The summed E-state index contributed by atoms with van der Waals surface area (Å²) in [6, 6.07) is 7.83. The summed E-state index contributed by atoms with van der Waals surface area (Å²) in [4.78, 5) is 19.6. The number of rotatable bonds is 21. The molecule has 2 atom stereocenters. The molecule has 0 aliphatic heterocycles. The zero-order valence-electron chi connectivity index (χ0n) is 34.0. The molecule has 0 saturated carbocycles. The van der Waals surface area contributed by atoms with Crippen molar-refractivity contribution in [3.05, 3.63) is 45.6 Å². The maximum Gasteiger partial charge on any atom is 0.242 e. The predicted molar refractivity (Wildman–Crippen MR) is 218 cm³/mol. The molecule has 0 spiro atoms. The van der Waals surface area contributed by atoms with Crippen molar-refractivity contribution < 1.29 is 19.4 Å². The topological polar surface area (TPSA) is 105 Å². The minimum absolute atomic E-state index is 0.161. The molecular formula is C42H64N6O4S. The summed E-state index contributed by atoms with van der Waals surface area (Å²) in [5.41, 5.74) is 2.54. The summed E-state index contributed by atoms with van der Waals surface area (Å²) in [6.07, 6.45) is 11.5. The fourth-order valence-electron chi connectivity index (χ4n) is 7.01. The standard InChI is InChI=1S/C42H64N6O4S/c1-11-16-18-29(13-3)25-47(26-30(14-4)19-17-12-2)36(50)27-46(15-5)37-21-20-32(53-37)24-34-39(42(6,7)8)45-48-40(43-44-41(34)48)33-22-31(28-49)23-35(51-9)38(33)52-10/h20-24,29-30,49H,11-19,25-28H2,1-10H3. The molecule has 2 unspecified atom stereocenters. The number of carbonyl (C=O) groups excluding carboxylic acids is 1. The summed E-state index contributed by atoms with van der Waals surface area (Å²) in [6.45, 7) is 20.2. The molecule has 4 rings (SSSR count). The Hall–Kier alpha value is -3.70. The van der Waals surface area contributed by atoms with E-state index in [4.69, 9.17) is 14.6 Å². The molecule has 0 saturated heterocycles. The van der Waals surface area contributed by atoms with Gasteiger partial charge in [0.05, 0.1) is 43.6 Å². The molecule has 292 valence electrons. The summed E-state index contributed by atoms with van der Waals surface area (Å²) in [7, 11) is 3.15. The van der Waals surface area contributed by atoms with Gasteiger partial charge in [-0.3, -0.25) is 4.79 Å². The van der Waals surface area contributed by atoms with E-state index in [1.807, 2.05) is 6.07 Å². The van der Waals surface area contributed by atoms with Crippen molar-refractivity contribution in [2.24, 2.45) is 11.8 Å². The highest BCUT2D eigenvalue weighted by Gasteiger charge is 2.27. The molecule has 0 bridgehead atoms. The fourth-order valence-corrected chi connectivity index (χ4v) is 8.03. The lowest BCUT2D eigenvalue weighted by atomic mass is 9.91. The number of methoxy groups -OCH3 is 2. The van der Waals surface area contributed by atoms with Gasteiger partial charge in [0.2, 0.25) is 5.91 Å². The average Bonchev–Trinajstić information content (AvgIpc) is 3.89. The van der Waals surface area contributed by atoms with Crippen molar-refractivity contribution in [1.29, 1.82) is 0 Å². The van der Waals surface area contributed by atoms with Crippen LogP contribution >= 0.6 is 11.3 Å². The molecule has 1 amide bonds. The van der Waals surface area contributed by atoms with Crippen LogP contribution in [0.3, 0.4) is 0 Å². The molecular weight excluding hydrogens is 685 g/mol. The second-order valence-corrected chi connectivity index (χ2v) is 16.4. The monoisotopic (exact) mass is 748 g/mol. The van der Waals surface area contributed by atoms with Gasteiger partial charge in [-0.2, -0.15) is 9.61 Å². The number of benzene rings is 1. The third-order valence-electron chi connectivity index (χ3n) is 10.3. The van der Waals surface area contributed by atoms with Crippen molar-refractivity contribution in [2.75, 3.05) is 45.3 Å². The van der Waals surface area contributed by atoms with Crippen LogP contribution in [0.15, 0.2) is 24.3 Å². The second-order valence-electron chi connectivity index (χ2n) is 15.3. The largest absolute Gasteiger partial charge is 0.493 e. The van der Waals surface area contributed by atoms with Crippen LogP contribution in [0, 0.1) is 11.8 Å². The van der Waals surface area contributed by atoms with E-state index in [2.05, 4.69) is 93.6 Å². The fraction of sp³-hybridized carbons (Fsp3) is 0.619. The molecule has 3 aromatic heterocycles. The number of amides is 1. The van der Waals surface area contributed by atoms with Crippen LogP contribution in [0.2, 0.25) is 0 Å². The number of unbranched alkanes of at least 4 members (excludes halogenated alkanes) is 2. The Bertz CT molecular complexity index is 1790. The second kappa shape index (κ2) is 19.6. The van der Waals surface area contributed by atoms with Crippen LogP contribution in [0.1, 0.15) is 123 Å². The Labute approximate surface area is 321 Å². The minimum Gasteiger partial charge on any atom is -0.493 e. The SMILES string of the molecule is CCCCC(CC)CN(CC(CC)CCCC)C(=O)CN(CC)c1ccc(C=c2c(C(C)(C)C)nn3c(-c4cc(CO)cc(OC)c4OC)nnc23)s1. The highest BCUT2D eigenvalue weighted by molar-refractivity contribution is 7.16. The van der Waals surface area contributed by atoms with Gasteiger partial charge in [-0.05, 0) is 67.5 Å². The number of aliphatic hydroxyl groups is 1. The number of thiophene rings is 1. The first-order valence-corrected chi connectivity index (χ1v) is 20.5. The number of aromatic nitrogens is 4. The van der Waals surface area contributed by atoms with E-state index in [0.29, 0.717) is 52.5 Å². The number of aliphatic hydroxyl groups excluding tert-OH is 1. The average molecular weight is 749 g/mol. The lowest BCUT2D eigenvalue weighted by molar-refractivity contribution is -0.131. The molecule has 3 heterocycles. The van der Waals surface area contributed by atoms with Gasteiger partial charge in [0.1, 0.15) is 0 Å². The van der Waals surface area contributed by atoms with Gasteiger partial charge in [0.15, 0.2) is 23.0 Å². The molecule has 0 radical (unpaired) electrons. The number of hydrogen-bond acceptors (Lipinski definition) is 9. The van der Waals surface area contributed by atoms with E-state index >= 15 is 0 Å². The molecule has 0 aliphatic carbocycles. The number of fused-ring (bicyclic) bond motifs is 1. The van der Waals surface area contributed by atoms with Crippen molar-refractivity contribution in [3.63, 3.8) is 0 Å². The zero-order chi connectivity index (χ0) is 38.7. The number of carbonyl (C=O) groups is 1. The number of hydrogen-bond donors (Lipinski definition) is 1. The first-order chi connectivity index (χ1) is 25.5. The smallest absolute Gasteiger partial charge is 0.242 e. The lowest BCUT2D eigenvalue weighted by Crippen LogP contribution is -2.44. The minimum atomic E-state index is -0.287. The van der Waals surface area contributed by atoms with Crippen LogP contribution in [-0.2, 0) is 16.8 Å². The Morgan fingerprint density at radius 1 is 0.962 bits per heavy atom. The summed E-state index contributed by atoms with van der Waals surface area (Å²) in [5, 5.41) is 26.2. The van der Waals surface area contributed by atoms with Crippen molar-refractivity contribution in [2.45, 2.75) is 119 Å². The lowest BCUT2D eigenvalue weighted by Gasteiger charge is -2.33. The molecule has 11 heteroatoms. The number of anilines is 1. The van der Waals surface area contributed by atoms with Gasteiger partial charge >= 0.3 is 0 Å². The van der Waals surface area contributed by atoms with E-state index in [0.717, 1.165) is 53.3 Å². The Kier molecular flexibility index (Phi) is 15.5. The molecule has 1 N–H and O–H groups in total. The van der Waals surface area contributed by atoms with Crippen LogP contribution < -0.4 is 19.6 Å². The van der Waals surface area contributed by atoms with Gasteiger partial charge < -0.3 is 24.4 Å². The van der Waals surface area contributed by atoms with Crippen LogP contribution in [-0.4, -0.2) is 76.1 Å². The highest BCUT2D eigenvalue weighted by Crippen LogP contribution is 2.39. The van der Waals surface area contributed by atoms with E-state index in [-0.39, 0.29) is 17.9 Å². The van der Waals surface area contributed by atoms with Gasteiger partial charge in [-0.25, -0.2) is 0 Å². The summed E-state index contributed by atoms with van der Waals surface area (Å²) < 4.78 is 13.1. The van der Waals surface area contributed by atoms with Gasteiger partial charge in [-0.1, -0.05) is 87.0 Å².